The number of methoxy groups -OCH3 is 1. The average molecular weight is 381 g/mol. The van der Waals surface area contributed by atoms with Crippen molar-refractivity contribution in [3.8, 4) is 22.9 Å². The average Bonchev–Trinajstić information content (AvgIpc) is 3.19. The predicted octanol–water partition coefficient (Wildman–Crippen LogP) is 3.53. The molecule has 0 radical (unpaired) electrons. The third kappa shape index (κ3) is 4.88. The van der Waals surface area contributed by atoms with Gasteiger partial charge in [0.15, 0.2) is 6.10 Å². The molecule has 0 spiro atoms. The van der Waals surface area contributed by atoms with Crippen molar-refractivity contribution < 1.29 is 18.8 Å². The molecule has 7 heteroatoms. The van der Waals surface area contributed by atoms with Crippen LogP contribution in [0.3, 0.4) is 0 Å². The number of benzene rings is 2. The molecule has 0 aliphatic carbocycles. The molecule has 146 valence electrons. The van der Waals surface area contributed by atoms with Gasteiger partial charge in [-0.3, -0.25) is 4.79 Å². The molecule has 3 aromatic rings. The molecule has 0 saturated heterocycles. The highest BCUT2D eigenvalue weighted by molar-refractivity contribution is 5.81. The minimum atomic E-state index is -0.592. The quantitative estimate of drug-likeness (QED) is 0.642. The second-order valence-electron chi connectivity index (χ2n) is 6.29. The van der Waals surface area contributed by atoms with Crippen molar-refractivity contribution in [2.24, 2.45) is 0 Å². The van der Waals surface area contributed by atoms with Crippen LogP contribution in [0.1, 0.15) is 24.8 Å². The Hall–Kier alpha value is -3.35. The number of amides is 1. The van der Waals surface area contributed by atoms with E-state index in [4.69, 9.17) is 14.0 Å². The van der Waals surface area contributed by atoms with Gasteiger partial charge in [0.2, 0.25) is 11.7 Å². The highest BCUT2D eigenvalue weighted by Crippen LogP contribution is 2.20. The summed E-state index contributed by atoms with van der Waals surface area (Å²) in [5.74, 6) is 1.97. The third-order valence-electron chi connectivity index (χ3n) is 4.16. The molecule has 1 N–H and O–H groups in total. The lowest BCUT2D eigenvalue weighted by molar-refractivity contribution is -0.128. The van der Waals surface area contributed by atoms with Gasteiger partial charge >= 0.3 is 0 Å². The smallest absolute Gasteiger partial charge is 0.261 e. The molecule has 1 amide bonds. The first-order valence-corrected chi connectivity index (χ1v) is 9.07. The maximum Gasteiger partial charge on any atom is 0.261 e. The Labute approximate surface area is 163 Å². The number of ether oxygens (including phenoxy) is 2. The van der Waals surface area contributed by atoms with E-state index < -0.39 is 6.10 Å². The Morgan fingerprint density at radius 2 is 1.96 bits per heavy atom. The van der Waals surface area contributed by atoms with Crippen LogP contribution in [0.25, 0.3) is 11.4 Å². The molecule has 2 aromatic carbocycles. The normalized spacial score (nSPS) is 11.7. The van der Waals surface area contributed by atoms with E-state index in [0.29, 0.717) is 23.9 Å². The third-order valence-corrected chi connectivity index (χ3v) is 4.16. The van der Waals surface area contributed by atoms with Gasteiger partial charge in [0, 0.05) is 5.56 Å². The summed E-state index contributed by atoms with van der Waals surface area (Å²) in [6.45, 7) is 4.01. The Kier molecular flexibility index (Phi) is 6.26. The van der Waals surface area contributed by atoms with E-state index in [1.54, 1.807) is 7.11 Å². The van der Waals surface area contributed by atoms with E-state index in [-0.39, 0.29) is 12.5 Å². The molecule has 7 nitrogen and oxygen atoms in total. The molecule has 3 rings (SSSR count). The molecule has 28 heavy (non-hydrogen) atoms. The van der Waals surface area contributed by atoms with Crippen LogP contribution < -0.4 is 14.8 Å². The molecule has 0 aliphatic rings. The van der Waals surface area contributed by atoms with Crippen molar-refractivity contribution in [2.75, 3.05) is 7.11 Å². The molecule has 1 heterocycles. The number of hydrogen-bond acceptors (Lipinski definition) is 6. The Balaban J connectivity index is 1.58. The van der Waals surface area contributed by atoms with Gasteiger partial charge in [-0.1, -0.05) is 24.2 Å². The van der Waals surface area contributed by atoms with Crippen LogP contribution >= 0.6 is 0 Å². The van der Waals surface area contributed by atoms with Crippen LogP contribution in [0.5, 0.6) is 11.5 Å². The van der Waals surface area contributed by atoms with Gasteiger partial charge in [-0.25, -0.2) is 0 Å². The van der Waals surface area contributed by atoms with Gasteiger partial charge in [-0.15, -0.1) is 0 Å². The van der Waals surface area contributed by atoms with Crippen LogP contribution in [0.4, 0.5) is 0 Å². The van der Waals surface area contributed by atoms with Crippen LogP contribution in [0.15, 0.2) is 53.1 Å². The summed E-state index contributed by atoms with van der Waals surface area (Å²) in [5, 5.41) is 6.74. The number of aromatic nitrogens is 2. The summed E-state index contributed by atoms with van der Waals surface area (Å²) in [6, 6.07) is 14.9. The fourth-order valence-corrected chi connectivity index (χ4v) is 2.64. The second-order valence-corrected chi connectivity index (χ2v) is 6.29. The van der Waals surface area contributed by atoms with E-state index in [9.17, 15) is 4.79 Å². The van der Waals surface area contributed by atoms with Gasteiger partial charge in [0.1, 0.15) is 11.5 Å². The Morgan fingerprint density at radius 1 is 1.18 bits per heavy atom. The minimum Gasteiger partial charge on any atom is -0.497 e. The van der Waals surface area contributed by atoms with Crippen molar-refractivity contribution in [3.05, 3.63) is 60.0 Å². The maximum absolute atomic E-state index is 12.4. The van der Waals surface area contributed by atoms with Crippen LogP contribution in [0.2, 0.25) is 0 Å². The van der Waals surface area contributed by atoms with E-state index in [0.717, 1.165) is 16.9 Å². The second kappa shape index (κ2) is 9.03. The van der Waals surface area contributed by atoms with Crippen molar-refractivity contribution in [3.63, 3.8) is 0 Å². The van der Waals surface area contributed by atoms with Crippen LogP contribution in [-0.2, 0) is 11.3 Å². The first-order valence-electron chi connectivity index (χ1n) is 9.07. The van der Waals surface area contributed by atoms with Crippen LogP contribution in [0, 0.1) is 6.92 Å². The van der Waals surface area contributed by atoms with Crippen molar-refractivity contribution in [1.82, 2.24) is 15.5 Å². The number of hydrogen-bond donors (Lipinski definition) is 1. The molecular weight excluding hydrogens is 358 g/mol. The minimum absolute atomic E-state index is 0.135. The molecular formula is C21H23N3O4. The highest BCUT2D eigenvalue weighted by atomic mass is 16.5. The summed E-state index contributed by atoms with van der Waals surface area (Å²) in [4.78, 5) is 16.8. The highest BCUT2D eigenvalue weighted by Gasteiger charge is 2.19. The summed E-state index contributed by atoms with van der Waals surface area (Å²) in [5.41, 5.74) is 1.88. The SMILES string of the molecule is CC[C@@H](Oc1cccc(C)c1)C(=O)NCc1nc(-c2ccc(OC)cc2)no1. The predicted molar refractivity (Wildman–Crippen MR) is 104 cm³/mol. The number of carbonyl (C=O) groups is 1. The zero-order valence-corrected chi connectivity index (χ0v) is 16.1. The summed E-state index contributed by atoms with van der Waals surface area (Å²) < 4.78 is 16.2. The number of rotatable bonds is 8. The lowest BCUT2D eigenvalue weighted by Crippen LogP contribution is -2.37. The number of nitrogens with zero attached hydrogens (tertiary/aromatic N) is 2. The van der Waals surface area contributed by atoms with E-state index in [1.807, 2.05) is 62.4 Å². The zero-order chi connectivity index (χ0) is 19.9. The van der Waals surface area contributed by atoms with Gasteiger partial charge in [0.25, 0.3) is 5.91 Å². The lowest BCUT2D eigenvalue weighted by atomic mass is 10.2. The van der Waals surface area contributed by atoms with Crippen LogP contribution in [-0.4, -0.2) is 29.3 Å². The Bertz CT molecular complexity index is 921. The molecule has 0 saturated carbocycles. The lowest BCUT2D eigenvalue weighted by Gasteiger charge is -2.17. The monoisotopic (exact) mass is 381 g/mol. The summed E-state index contributed by atoms with van der Waals surface area (Å²) in [6.07, 6.45) is -0.0495. The molecule has 1 aromatic heterocycles. The fourth-order valence-electron chi connectivity index (χ4n) is 2.64. The molecule has 0 fully saturated rings. The van der Waals surface area contributed by atoms with E-state index in [2.05, 4.69) is 15.5 Å². The van der Waals surface area contributed by atoms with Gasteiger partial charge in [0.05, 0.1) is 13.7 Å². The van der Waals surface area contributed by atoms with Gasteiger partial charge in [-0.05, 0) is 55.3 Å². The molecule has 0 bridgehead atoms. The van der Waals surface area contributed by atoms with E-state index >= 15 is 0 Å². The van der Waals surface area contributed by atoms with Crippen molar-refractivity contribution in [1.29, 1.82) is 0 Å². The van der Waals surface area contributed by atoms with E-state index in [1.165, 1.54) is 0 Å². The Morgan fingerprint density at radius 3 is 2.64 bits per heavy atom. The number of carbonyl (C=O) groups excluding carboxylic acids is 1. The molecule has 1 atom stereocenters. The van der Waals surface area contributed by atoms with Crippen molar-refractivity contribution >= 4 is 5.91 Å². The molecule has 0 unspecified atom stereocenters. The fraction of sp³-hybridized carbons (Fsp3) is 0.286. The van der Waals surface area contributed by atoms with Crippen molar-refractivity contribution in [2.45, 2.75) is 32.9 Å². The first kappa shape index (κ1) is 19.4. The zero-order valence-electron chi connectivity index (χ0n) is 16.1. The van der Waals surface area contributed by atoms with Gasteiger partial charge in [-0.2, -0.15) is 4.98 Å². The first-order chi connectivity index (χ1) is 13.6. The van der Waals surface area contributed by atoms with Gasteiger partial charge < -0.3 is 19.3 Å². The largest absolute Gasteiger partial charge is 0.497 e. The number of aryl methyl sites for hydroxylation is 1. The standard InChI is InChI=1S/C21H23N3O4/c1-4-18(27-17-7-5-6-14(2)12-17)21(25)22-13-19-23-20(24-28-19)15-8-10-16(26-3)11-9-15/h5-12,18H,4,13H2,1-3H3,(H,22,25)/t18-/m1/s1. The topological polar surface area (TPSA) is 86.5 Å². The summed E-state index contributed by atoms with van der Waals surface area (Å²) in [7, 11) is 1.61. The molecule has 0 aliphatic heterocycles. The maximum atomic E-state index is 12.4. The number of nitrogens with one attached hydrogen (secondary N) is 1. The summed E-state index contributed by atoms with van der Waals surface area (Å²) >= 11 is 0.